The number of carbonyl (C=O) groups excluding carboxylic acids is 2. The molecule has 1 aromatic carbocycles. The molecule has 1 N–H and O–H groups in total. The zero-order valence-electron chi connectivity index (χ0n) is 14.1. The molecule has 0 spiro atoms. The van der Waals surface area contributed by atoms with Gasteiger partial charge in [-0.1, -0.05) is 6.07 Å². The van der Waals surface area contributed by atoms with E-state index in [0.717, 1.165) is 22.5 Å². The van der Waals surface area contributed by atoms with Crippen LogP contribution in [0.5, 0.6) is 0 Å². The van der Waals surface area contributed by atoms with Crippen LogP contribution in [0.15, 0.2) is 23.6 Å². The molecule has 0 aliphatic carbocycles. The lowest BCUT2D eigenvalue weighted by Gasteiger charge is -2.16. The van der Waals surface area contributed by atoms with Crippen molar-refractivity contribution in [3.8, 4) is 11.3 Å². The van der Waals surface area contributed by atoms with E-state index in [1.165, 1.54) is 11.3 Å². The number of benzene rings is 1. The predicted octanol–water partition coefficient (Wildman–Crippen LogP) is 3.85. The predicted molar refractivity (Wildman–Crippen MR) is 99.7 cm³/mol. The number of nitrogens with zero attached hydrogens (tertiary/aromatic N) is 2. The summed E-state index contributed by atoms with van der Waals surface area (Å²) < 4.78 is 4.86. The smallest absolute Gasteiger partial charge is 0.413 e. The summed E-state index contributed by atoms with van der Waals surface area (Å²) in [6.45, 7) is 3.98. The largest absolute Gasteiger partial charge is 0.448 e. The third-order valence-electron chi connectivity index (χ3n) is 4.19. The second-order valence-corrected chi connectivity index (χ2v) is 7.44. The normalized spacial score (nSPS) is 15.2. The van der Waals surface area contributed by atoms with Crippen LogP contribution in [0.1, 0.15) is 19.4 Å². The number of fused-ring (bicyclic) bond motifs is 1. The molecule has 6 nitrogen and oxygen atoms in total. The van der Waals surface area contributed by atoms with Gasteiger partial charge >= 0.3 is 6.09 Å². The fourth-order valence-corrected chi connectivity index (χ4v) is 3.63. The number of alkyl halides is 1. The Balaban J connectivity index is 1.84. The lowest BCUT2D eigenvalue weighted by atomic mass is 9.85. The van der Waals surface area contributed by atoms with Crippen molar-refractivity contribution in [3.05, 3.63) is 29.1 Å². The van der Waals surface area contributed by atoms with Crippen LogP contribution in [0.3, 0.4) is 0 Å². The maximum Gasteiger partial charge on any atom is 0.413 e. The lowest BCUT2D eigenvalue weighted by Crippen LogP contribution is -2.33. The van der Waals surface area contributed by atoms with Crippen molar-refractivity contribution in [3.63, 3.8) is 0 Å². The fraction of sp³-hybridized carbons (Fsp3) is 0.353. The van der Waals surface area contributed by atoms with Gasteiger partial charge < -0.3 is 9.64 Å². The number of likely N-dealkylation sites (N-methyl/N-ethyl adjacent to an activating group) is 1. The first kappa shape index (κ1) is 17.7. The first-order valence-corrected chi connectivity index (χ1v) is 9.14. The number of aromatic nitrogens is 1. The van der Waals surface area contributed by atoms with E-state index < -0.39 is 11.5 Å². The molecule has 1 aromatic heterocycles. The number of anilines is 2. The third-order valence-corrected chi connectivity index (χ3v) is 5.10. The first-order chi connectivity index (χ1) is 11.8. The van der Waals surface area contributed by atoms with Crippen molar-refractivity contribution in [1.82, 2.24) is 4.98 Å². The summed E-state index contributed by atoms with van der Waals surface area (Å²) in [5.41, 5.74) is 2.95. The summed E-state index contributed by atoms with van der Waals surface area (Å²) in [5, 5.41) is 4.88. The molecule has 2 aromatic rings. The maximum atomic E-state index is 12.4. The van der Waals surface area contributed by atoms with Crippen molar-refractivity contribution >= 4 is 45.8 Å². The van der Waals surface area contributed by atoms with Gasteiger partial charge in [-0.2, -0.15) is 0 Å². The summed E-state index contributed by atoms with van der Waals surface area (Å²) in [6.07, 6.45) is -0.580. The van der Waals surface area contributed by atoms with E-state index in [-0.39, 0.29) is 18.4 Å². The second kappa shape index (κ2) is 6.65. The Hall–Kier alpha value is -2.12. The number of hydrogen-bond donors (Lipinski definition) is 1. The molecule has 0 radical (unpaired) electrons. The molecular formula is C17H18ClN3O3S. The lowest BCUT2D eigenvalue weighted by molar-refractivity contribution is -0.121. The van der Waals surface area contributed by atoms with E-state index in [1.807, 2.05) is 37.4 Å². The van der Waals surface area contributed by atoms with E-state index in [1.54, 1.807) is 11.9 Å². The first-order valence-electron chi connectivity index (χ1n) is 7.73. The molecule has 8 heteroatoms. The van der Waals surface area contributed by atoms with Gasteiger partial charge in [-0.3, -0.25) is 10.1 Å². The van der Waals surface area contributed by atoms with E-state index in [4.69, 9.17) is 16.3 Å². The molecule has 132 valence electrons. The summed E-state index contributed by atoms with van der Waals surface area (Å²) >= 11 is 6.78. The van der Waals surface area contributed by atoms with Gasteiger partial charge in [-0.25, -0.2) is 9.78 Å². The average molecular weight is 380 g/mol. The molecule has 0 saturated carbocycles. The van der Waals surface area contributed by atoms with Crippen LogP contribution in [-0.2, 0) is 14.9 Å². The van der Waals surface area contributed by atoms with Crippen molar-refractivity contribution in [1.29, 1.82) is 0 Å². The van der Waals surface area contributed by atoms with Gasteiger partial charge in [0.15, 0.2) is 5.13 Å². The highest BCUT2D eigenvalue weighted by atomic mass is 35.5. The second-order valence-electron chi connectivity index (χ2n) is 6.21. The van der Waals surface area contributed by atoms with Crippen LogP contribution >= 0.6 is 22.9 Å². The van der Waals surface area contributed by atoms with Gasteiger partial charge in [0.1, 0.15) is 6.61 Å². The highest BCUT2D eigenvalue weighted by Gasteiger charge is 2.42. The number of nitrogens with one attached hydrogen (secondary N) is 1. The Morgan fingerprint density at radius 2 is 2.20 bits per heavy atom. The molecule has 0 saturated heterocycles. The Morgan fingerprint density at radius 3 is 2.92 bits per heavy atom. The van der Waals surface area contributed by atoms with Crippen molar-refractivity contribution in [2.75, 3.05) is 29.8 Å². The van der Waals surface area contributed by atoms with Crippen LogP contribution in [-0.4, -0.2) is 36.5 Å². The topological polar surface area (TPSA) is 71.5 Å². The zero-order valence-corrected chi connectivity index (χ0v) is 15.7. The van der Waals surface area contributed by atoms with Crippen molar-refractivity contribution < 1.29 is 14.3 Å². The molecule has 0 atom stereocenters. The zero-order chi connectivity index (χ0) is 18.2. The van der Waals surface area contributed by atoms with Gasteiger partial charge in [-0.05, 0) is 31.5 Å². The molecule has 2 amide bonds. The molecule has 25 heavy (non-hydrogen) atoms. The summed E-state index contributed by atoms with van der Waals surface area (Å²) in [5.74, 6) is 0.316. The van der Waals surface area contributed by atoms with Crippen LogP contribution in [0, 0.1) is 0 Å². The van der Waals surface area contributed by atoms with Crippen molar-refractivity contribution in [2.45, 2.75) is 19.3 Å². The number of amides is 2. The molecule has 3 rings (SSSR count). The molecule has 0 bridgehead atoms. The highest BCUT2D eigenvalue weighted by Crippen LogP contribution is 2.42. The van der Waals surface area contributed by atoms with Gasteiger partial charge in [-0.15, -0.1) is 22.9 Å². The summed E-state index contributed by atoms with van der Waals surface area (Å²) in [6, 6.07) is 5.84. The van der Waals surface area contributed by atoms with E-state index in [0.29, 0.717) is 5.13 Å². The number of carbonyl (C=O) groups is 2. The minimum atomic E-state index is -0.580. The highest BCUT2D eigenvalue weighted by molar-refractivity contribution is 7.14. The van der Waals surface area contributed by atoms with E-state index in [2.05, 4.69) is 10.3 Å². The van der Waals surface area contributed by atoms with Crippen molar-refractivity contribution in [2.24, 2.45) is 0 Å². The summed E-state index contributed by atoms with van der Waals surface area (Å²) in [4.78, 5) is 30.0. The molecule has 1 aliphatic rings. The molecule has 2 heterocycles. The number of rotatable bonds is 4. The Morgan fingerprint density at radius 1 is 1.44 bits per heavy atom. The van der Waals surface area contributed by atoms with Gasteiger partial charge in [0, 0.05) is 23.7 Å². The molecule has 0 fully saturated rings. The number of thiazole rings is 1. The van der Waals surface area contributed by atoms with E-state index >= 15 is 0 Å². The minimum absolute atomic E-state index is 0.0716. The monoisotopic (exact) mass is 379 g/mol. The Labute approximate surface area is 154 Å². The van der Waals surface area contributed by atoms with Crippen LogP contribution in [0.4, 0.5) is 15.6 Å². The van der Waals surface area contributed by atoms with Gasteiger partial charge in [0.05, 0.1) is 17.0 Å². The van der Waals surface area contributed by atoms with Crippen LogP contribution in [0.2, 0.25) is 0 Å². The van der Waals surface area contributed by atoms with Crippen LogP contribution in [0.25, 0.3) is 11.3 Å². The average Bonchev–Trinajstić information content (AvgIpc) is 3.11. The summed E-state index contributed by atoms with van der Waals surface area (Å²) in [7, 11) is 1.78. The third kappa shape index (κ3) is 3.21. The minimum Gasteiger partial charge on any atom is -0.448 e. The maximum absolute atomic E-state index is 12.4. The molecule has 1 aliphatic heterocycles. The SMILES string of the molecule is CN1C(=O)C(C)(C)c2cc(-c3csc(NC(=O)OCCCl)n3)ccc21. The van der Waals surface area contributed by atoms with Crippen LogP contribution < -0.4 is 10.2 Å². The number of halogens is 1. The number of ether oxygens (including phenoxy) is 1. The number of hydrogen-bond acceptors (Lipinski definition) is 5. The quantitative estimate of drug-likeness (QED) is 0.819. The standard InChI is InChI=1S/C17H18ClN3O3S/c1-17(2)11-8-10(4-5-13(11)21(3)14(17)22)12-9-25-15(19-12)20-16(23)24-7-6-18/h4-5,8-9H,6-7H2,1-3H3,(H,19,20,23). The Kier molecular flexibility index (Phi) is 4.71. The fourth-order valence-electron chi connectivity index (χ4n) is 2.85. The molecule has 0 unspecified atom stereocenters. The van der Waals surface area contributed by atoms with Gasteiger partial charge in [0.2, 0.25) is 5.91 Å². The Bertz CT molecular complexity index is 834. The molecular weight excluding hydrogens is 362 g/mol. The van der Waals surface area contributed by atoms with Gasteiger partial charge in [0.25, 0.3) is 0 Å². The van der Waals surface area contributed by atoms with E-state index in [9.17, 15) is 9.59 Å².